The van der Waals surface area contributed by atoms with Crippen molar-refractivity contribution < 1.29 is 15.0 Å². The number of hydrogen-bond donors (Lipinski definition) is 2. The van der Waals surface area contributed by atoms with Crippen molar-refractivity contribution in [3.63, 3.8) is 0 Å². The van der Waals surface area contributed by atoms with Gasteiger partial charge in [0.15, 0.2) is 0 Å². The summed E-state index contributed by atoms with van der Waals surface area (Å²) in [5.74, 6) is -0.666. The SMILES string of the molecule is CN(c1ccc(O)cc1)c1ccccc1C(C)(C)C(=O)O. The van der Waals surface area contributed by atoms with Crippen LogP contribution < -0.4 is 4.90 Å². The number of aromatic hydroxyl groups is 1. The Balaban J connectivity index is 2.49. The lowest BCUT2D eigenvalue weighted by molar-refractivity contribution is -0.142. The topological polar surface area (TPSA) is 60.8 Å². The quantitative estimate of drug-likeness (QED) is 0.902. The summed E-state index contributed by atoms with van der Waals surface area (Å²) in [6.07, 6.45) is 0. The van der Waals surface area contributed by atoms with Crippen molar-refractivity contribution >= 4 is 17.3 Å². The van der Waals surface area contributed by atoms with Crippen LogP contribution in [0.4, 0.5) is 11.4 Å². The molecule has 0 amide bonds. The van der Waals surface area contributed by atoms with Crippen LogP contribution in [0.2, 0.25) is 0 Å². The number of rotatable bonds is 4. The molecule has 2 aromatic carbocycles. The van der Waals surface area contributed by atoms with E-state index < -0.39 is 11.4 Å². The van der Waals surface area contributed by atoms with Crippen molar-refractivity contribution in [1.82, 2.24) is 0 Å². The van der Waals surface area contributed by atoms with Crippen molar-refractivity contribution in [2.45, 2.75) is 19.3 Å². The normalized spacial score (nSPS) is 11.2. The van der Waals surface area contributed by atoms with Gasteiger partial charge in [0.1, 0.15) is 5.75 Å². The fourth-order valence-corrected chi connectivity index (χ4v) is 2.23. The fourth-order valence-electron chi connectivity index (χ4n) is 2.23. The number of aliphatic carboxylic acids is 1. The van der Waals surface area contributed by atoms with Gasteiger partial charge in [0.2, 0.25) is 0 Å². The number of phenols is 1. The maximum Gasteiger partial charge on any atom is 0.313 e. The molecule has 21 heavy (non-hydrogen) atoms. The van der Waals surface area contributed by atoms with Gasteiger partial charge in [-0.25, -0.2) is 0 Å². The van der Waals surface area contributed by atoms with E-state index in [1.807, 2.05) is 36.2 Å². The van der Waals surface area contributed by atoms with Gasteiger partial charge in [-0.2, -0.15) is 0 Å². The molecule has 110 valence electrons. The molecule has 0 aliphatic carbocycles. The van der Waals surface area contributed by atoms with Gasteiger partial charge >= 0.3 is 5.97 Å². The van der Waals surface area contributed by atoms with Crippen molar-refractivity contribution in [1.29, 1.82) is 0 Å². The maximum atomic E-state index is 11.5. The average molecular weight is 285 g/mol. The number of carbonyl (C=O) groups is 1. The highest BCUT2D eigenvalue weighted by Crippen LogP contribution is 2.35. The zero-order chi connectivity index (χ0) is 15.6. The molecule has 0 aliphatic heterocycles. The Morgan fingerprint density at radius 1 is 1.05 bits per heavy atom. The van der Waals surface area contributed by atoms with E-state index in [4.69, 9.17) is 0 Å². The lowest BCUT2D eigenvalue weighted by Crippen LogP contribution is -2.30. The van der Waals surface area contributed by atoms with Crippen molar-refractivity contribution in [3.8, 4) is 5.75 Å². The summed E-state index contributed by atoms with van der Waals surface area (Å²) in [5.41, 5.74) is 1.46. The molecule has 0 radical (unpaired) electrons. The number of para-hydroxylation sites is 1. The Bertz CT molecular complexity index is 647. The lowest BCUT2D eigenvalue weighted by Gasteiger charge is -2.28. The minimum atomic E-state index is -0.984. The Hall–Kier alpha value is -2.49. The summed E-state index contributed by atoms with van der Waals surface area (Å²) in [4.78, 5) is 13.4. The van der Waals surface area contributed by atoms with Crippen LogP contribution in [0.25, 0.3) is 0 Å². The van der Waals surface area contributed by atoms with Crippen molar-refractivity contribution in [2.24, 2.45) is 0 Å². The van der Waals surface area contributed by atoms with Gasteiger partial charge in [-0.05, 0) is 49.7 Å². The summed E-state index contributed by atoms with van der Waals surface area (Å²) in [5, 5.41) is 18.8. The molecule has 0 aromatic heterocycles. The number of carboxylic acid groups (broad SMARTS) is 1. The second-order valence-electron chi connectivity index (χ2n) is 5.52. The first-order valence-corrected chi connectivity index (χ1v) is 6.69. The van der Waals surface area contributed by atoms with Gasteiger partial charge in [-0.3, -0.25) is 4.79 Å². The van der Waals surface area contributed by atoms with Gasteiger partial charge in [0.05, 0.1) is 5.41 Å². The zero-order valence-corrected chi connectivity index (χ0v) is 12.4. The summed E-state index contributed by atoms with van der Waals surface area (Å²) >= 11 is 0. The van der Waals surface area contributed by atoms with Crippen molar-refractivity contribution in [3.05, 3.63) is 54.1 Å². The molecular formula is C17H19NO3. The predicted octanol–water partition coefficient (Wildman–Crippen LogP) is 3.52. The minimum absolute atomic E-state index is 0.200. The van der Waals surface area contributed by atoms with Gasteiger partial charge in [-0.1, -0.05) is 18.2 Å². The van der Waals surface area contributed by atoms with Gasteiger partial charge in [0, 0.05) is 18.4 Å². The summed E-state index contributed by atoms with van der Waals surface area (Å²) < 4.78 is 0. The first kappa shape index (κ1) is 14.9. The fraction of sp³-hybridized carbons (Fsp3) is 0.235. The summed E-state index contributed by atoms with van der Waals surface area (Å²) in [6.45, 7) is 3.39. The van der Waals surface area contributed by atoms with Crippen LogP contribution in [0, 0.1) is 0 Å². The highest BCUT2D eigenvalue weighted by atomic mass is 16.4. The summed E-state index contributed by atoms with van der Waals surface area (Å²) in [7, 11) is 1.88. The molecule has 0 aliphatic rings. The molecule has 4 heteroatoms. The molecular weight excluding hydrogens is 266 g/mol. The number of benzene rings is 2. The van der Waals surface area contributed by atoms with Crippen LogP contribution >= 0.6 is 0 Å². The third-order valence-corrected chi connectivity index (χ3v) is 3.71. The molecule has 4 nitrogen and oxygen atoms in total. The number of carboxylic acids is 1. The van der Waals surface area contributed by atoms with E-state index in [9.17, 15) is 15.0 Å². The molecule has 0 bridgehead atoms. The molecule has 0 unspecified atom stereocenters. The molecule has 0 fully saturated rings. The Morgan fingerprint density at radius 2 is 1.62 bits per heavy atom. The molecule has 0 saturated carbocycles. The number of anilines is 2. The van der Waals surface area contributed by atoms with E-state index in [0.29, 0.717) is 0 Å². The highest BCUT2D eigenvalue weighted by Gasteiger charge is 2.32. The standard InChI is InChI=1S/C17H19NO3/c1-17(2,16(20)21)14-6-4-5-7-15(14)18(3)12-8-10-13(19)11-9-12/h4-11,19H,1-3H3,(H,20,21). The van der Waals surface area contributed by atoms with E-state index in [1.165, 1.54) is 0 Å². The van der Waals surface area contributed by atoms with Crippen LogP contribution in [0.3, 0.4) is 0 Å². The molecule has 0 saturated heterocycles. The minimum Gasteiger partial charge on any atom is -0.508 e. The smallest absolute Gasteiger partial charge is 0.313 e. The Morgan fingerprint density at radius 3 is 2.19 bits per heavy atom. The van der Waals surface area contributed by atoms with Crippen LogP contribution in [-0.2, 0) is 10.2 Å². The van der Waals surface area contributed by atoms with Gasteiger partial charge in [-0.15, -0.1) is 0 Å². The highest BCUT2D eigenvalue weighted by molar-refractivity contribution is 5.84. The Kier molecular flexibility index (Phi) is 3.89. The van der Waals surface area contributed by atoms with Crippen molar-refractivity contribution in [2.75, 3.05) is 11.9 Å². The summed E-state index contributed by atoms with van der Waals surface area (Å²) in [6, 6.07) is 14.3. The molecule has 2 aromatic rings. The third-order valence-electron chi connectivity index (χ3n) is 3.71. The van der Waals surface area contributed by atoms with E-state index in [0.717, 1.165) is 16.9 Å². The predicted molar refractivity (Wildman–Crippen MR) is 83.3 cm³/mol. The number of hydrogen-bond acceptors (Lipinski definition) is 3. The second-order valence-corrected chi connectivity index (χ2v) is 5.52. The van der Waals surface area contributed by atoms with E-state index in [2.05, 4.69) is 0 Å². The Labute approximate surface area is 124 Å². The maximum absolute atomic E-state index is 11.5. The first-order chi connectivity index (χ1) is 9.84. The number of phenolic OH excluding ortho intramolecular Hbond substituents is 1. The van der Waals surface area contributed by atoms with E-state index >= 15 is 0 Å². The van der Waals surface area contributed by atoms with Gasteiger partial charge < -0.3 is 15.1 Å². The van der Waals surface area contributed by atoms with Crippen LogP contribution in [-0.4, -0.2) is 23.2 Å². The van der Waals surface area contributed by atoms with E-state index in [-0.39, 0.29) is 5.75 Å². The number of nitrogens with zero attached hydrogens (tertiary/aromatic N) is 1. The molecule has 0 atom stereocenters. The van der Waals surface area contributed by atoms with E-state index in [1.54, 1.807) is 38.1 Å². The lowest BCUT2D eigenvalue weighted by atomic mass is 9.83. The van der Waals surface area contributed by atoms with Crippen LogP contribution in [0.5, 0.6) is 5.75 Å². The second kappa shape index (κ2) is 5.48. The van der Waals surface area contributed by atoms with Gasteiger partial charge in [0.25, 0.3) is 0 Å². The zero-order valence-electron chi connectivity index (χ0n) is 12.4. The average Bonchev–Trinajstić information content (AvgIpc) is 2.47. The van der Waals surface area contributed by atoms with Crippen LogP contribution in [0.1, 0.15) is 19.4 Å². The molecule has 2 rings (SSSR count). The largest absolute Gasteiger partial charge is 0.508 e. The third kappa shape index (κ3) is 2.84. The molecule has 2 N–H and O–H groups in total. The molecule has 0 heterocycles. The van der Waals surface area contributed by atoms with Crippen LogP contribution in [0.15, 0.2) is 48.5 Å². The first-order valence-electron chi connectivity index (χ1n) is 6.69. The monoisotopic (exact) mass is 285 g/mol. The molecule has 0 spiro atoms.